The zero-order valence-corrected chi connectivity index (χ0v) is 21.8. The molecule has 0 radical (unpaired) electrons. The standard InChI is InChI=1S/C29H32N4O5/c1-14(2)22(27(35)32-23(15(3)4)29(37)38)31-26(34)21-13-19-16-9-7-8-12-20(16)30-24(19)25-17-10-5-6-11-18(17)28(36)33(21)25/h5-12,14-15,21-23,25,30H,13H2,1-4H3,(H,31,34)(H,32,35)(H,37,38)/t21-,22-,23-,25-/m0/s1. The lowest BCUT2D eigenvalue weighted by Gasteiger charge is -2.38. The lowest BCUT2D eigenvalue weighted by molar-refractivity contribution is -0.143. The van der Waals surface area contributed by atoms with Crippen LogP contribution in [0.15, 0.2) is 48.5 Å². The van der Waals surface area contributed by atoms with E-state index in [1.165, 1.54) is 0 Å². The van der Waals surface area contributed by atoms with Crippen LogP contribution in [0.1, 0.15) is 60.9 Å². The quantitative estimate of drug-likeness (QED) is 0.383. The molecule has 198 valence electrons. The molecule has 0 saturated carbocycles. The van der Waals surface area contributed by atoms with Gasteiger partial charge in [-0.15, -0.1) is 0 Å². The first-order valence-electron chi connectivity index (χ1n) is 12.9. The van der Waals surface area contributed by atoms with E-state index in [4.69, 9.17) is 0 Å². The number of carboxylic acid groups (broad SMARTS) is 1. The van der Waals surface area contributed by atoms with Gasteiger partial charge >= 0.3 is 5.97 Å². The molecule has 3 heterocycles. The number of aromatic nitrogens is 1. The van der Waals surface area contributed by atoms with Gasteiger partial charge < -0.3 is 25.6 Å². The number of carbonyl (C=O) groups is 4. The van der Waals surface area contributed by atoms with Gasteiger partial charge in [-0.3, -0.25) is 14.4 Å². The van der Waals surface area contributed by atoms with E-state index in [2.05, 4.69) is 15.6 Å². The Hall–Kier alpha value is -4.14. The molecule has 5 rings (SSSR count). The van der Waals surface area contributed by atoms with Crippen LogP contribution in [0, 0.1) is 11.8 Å². The van der Waals surface area contributed by atoms with Gasteiger partial charge in [0.25, 0.3) is 5.91 Å². The maximum atomic E-state index is 13.9. The fraction of sp³-hybridized carbons (Fsp3) is 0.379. The third-order valence-electron chi connectivity index (χ3n) is 7.63. The molecule has 0 saturated heterocycles. The largest absolute Gasteiger partial charge is 0.480 e. The summed E-state index contributed by atoms with van der Waals surface area (Å²) in [6.07, 6.45) is 0.289. The van der Waals surface area contributed by atoms with E-state index in [0.717, 1.165) is 27.7 Å². The molecule has 0 aliphatic carbocycles. The van der Waals surface area contributed by atoms with Crippen molar-refractivity contribution in [2.45, 2.75) is 58.3 Å². The van der Waals surface area contributed by atoms with Crippen LogP contribution in [0.3, 0.4) is 0 Å². The third-order valence-corrected chi connectivity index (χ3v) is 7.63. The molecule has 1 aromatic heterocycles. The van der Waals surface area contributed by atoms with Crippen molar-refractivity contribution in [1.82, 2.24) is 20.5 Å². The van der Waals surface area contributed by atoms with Crippen molar-refractivity contribution in [1.29, 1.82) is 0 Å². The molecule has 38 heavy (non-hydrogen) atoms. The van der Waals surface area contributed by atoms with Crippen molar-refractivity contribution in [2.24, 2.45) is 11.8 Å². The molecular weight excluding hydrogens is 484 g/mol. The lowest BCUT2D eigenvalue weighted by Crippen LogP contribution is -2.59. The Balaban J connectivity index is 1.50. The number of nitrogens with one attached hydrogen (secondary N) is 3. The minimum atomic E-state index is -1.13. The second-order valence-electron chi connectivity index (χ2n) is 10.8. The topological polar surface area (TPSA) is 132 Å². The van der Waals surface area contributed by atoms with Crippen molar-refractivity contribution in [2.75, 3.05) is 0 Å². The molecule has 4 N–H and O–H groups in total. The molecule has 9 heteroatoms. The molecule has 2 aliphatic rings. The molecule has 0 unspecified atom stereocenters. The number of nitrogens with zero attached hydrogens (tertiary/aromatic N) is 1. The van der Waals surface area contributed by atoms with Crippen LogP contribution in [0.25, 0.3) is 10.9 Å². The number of benzene rings is 2. The Kier molecular flexibility index (Phi) is 6.46. The van der Waals surface area contributed by atoms with Crippen LogP contribution in [0.5, 0.6) is 0 Å². The smallest absolute Gasteiger partial charge is 0.326 e. The zero-order chi connectivity index (χ0) is 27.3. The van der Waals surface area contributed by atoms with E-state index >= 15 is 0 Å². The minimum Gasteiger partial charge on any atom is -0.480 e. The number of carboxylic acids is 1. The number of rotatable bonds is 7. The highest BCUT2D eigenvalue weighted by Gasteiger charge is 2.49. The Morgan fingerprint density at radius 3 is 2.29 bits per heavy atom. The Morgan fingerprint density at radius 2 is 1.61 bits per heavy atom. The van der Waals surface area contributed by atoms with Crippen LogP contribution in [-0.4, -0.2) is 56.8 Å². The number of aromatic amines is 1. The highest BCUT2D eigenvalue weighted by molar-refractivity contribution is 6.04. The predicted octanol–water partition coefficient (Wildman–Crippen LogP) is 3.00. The molecule has 3 aromatic rings. The zero-order valence-electron chi connectivity index (χ0n) is 21.8. The molecule has 3 amide bonds. The van der Waals surface area contributed by atoms with Gasteiger partial charge in [0, 0.05) is 28.6 Å². The maximum Gasteiger partial charge on any atom is 0.326 e. The molecule has 0 bridgehead atoms. The van der Waals surface area contributed by atoms with E-state index in [1.807, 2.05) is 42.5 Å². The summed E-state index contributed by atoms with van der Waals surface area (Å²) in [6, 6.07) is 11.9. The highest BCUT2D eigenvalue weighted by atomic mass is 16.4. The van der Waals surface area contributed by atoms with E-state index in [9.17, 15) is 24.3 Å². The van der Waals surface area contributed by atoms with E-state index in [0.29, 0.717) is 5.56 Å². The van der Waals surface area contributed by atoms with Crippen molar-refractivity contribution in [3.8, 4) is 0 Å². The number of hydrogen-bond donors (Lipinski definition) is 4. The fourth-order valence-corrected chi connectivity index (χ4v) is 5.68. The Morgan fingerprint density at radius 1 is 0.947 bits per heavy atom. The Labute approximate surface area is 220 Å². The average molecular weight is 517 g/mol. The minimum absolute atomic E-state index is 0.230. The predicted molar refractivity (Wildman–Crippen MR) is 141 cm³/mol. The summed E-state index contributed by atoms with van der Waals surface area (Å²) in [4.78, 5) is 57.4. The second kappa shape index (κ2) is 9.63. The third kappa shape index (κ3) is 4.12. The summed E-state index contributed by atoms with van der Waals surface area (Å²) in [6.45, 7) is 6.99. The Bertz CT molecular complexity index is 1440. The molecule has 9 nitrogen and oxygen atoms in total. The number of carbonyl (C=O) groups excluding carboxylic acids is 3. The number of amides is 3. The SMILES string of the molecule is CC(C)[C@H](NC(=O)[C@@H](NC(=O)[C@@H]1Cc2c([nH]c3ccccc23)[C@@H]2c3ccccc3C(=O)N21)C(C)C)C(=O)O. The van der Waals surface area contributed by atoms with Gasteiger partial charge in [0.05, 0.1) is 6.04 Å². The van der Waals surface area contributed by atoms with Gasteiger partial charge in [-0.05, 0) is 35.1 Å². The summed E-state index contributed by atoms with van der Waals surface area (Å²) >= 11 is 0. The summed E-state index contributed by atoms with van der Waals surface area (Å²) in [5.41, 5.74) is 4.20. The first kappa shape index (κ1) is 25.5. The fourth-order valence-electron chi connectivity index (χ4n) is 5.68. The molecule has 4 atom stereocenters. The van der Waals surface area contributed by atoms with Crippen molar-refractivity contribution < 1.29 is 24.3 Å². The molecule has 2 aliphatic heterocycles. The number of fused-ring (bicyclic) bond motifs is 7. The number of H-pyrrole nitrogens is 1. The molecule has 0 spiro atoms. The number of para-hydroxylation sites is 1. The van der Waals surface area contributed by atoms with Crippen molar-refractivity contribution >= 4 is 34.6 Å². The molecular formula is C29H32N4O5. The van der Waals surface area contributed by atoms with Gasteiger partial charge in [0.15, 0.2) is 0 Å². The summed E-state index contributed by atoms with van der Waals surface area (Å²) < 4.78 is 0. The maximum absolute atomic E-state index is 13.9. The van der Waals surface area contributed by atoms with Crippen LogP contribution in [0.4, 0.5) is 0 Å². The van der Waals surface area contributed by atoms with Crippen LogP contribution in [0.2, 0.25) is 0 Å². The second-order valence-corrected chi connectivity index (χ2v) is 10.8. The first-order valence-corrected chi connectivity index (χ1v) is 12.9. The first-order chi connectivity index (χ1) is 18.1. The van der Waals surface area contributed by atoms with Crippen molar-refractivity contribution in [3.63, 3.8) is 0 Å². The van der Waals surface area contributed by atoms with Gasteiger partial charge in [-0.2, -0.15) is 0 Å². The summed E-state index contributed by atoms with van der Waals surface area (Å²) in [5.74, 6) is -3.02. The summed E-state index contributed by atoms with van der Waals surface area (Å²) in [7, 11) is 0. The van der Waals surface area contributed by atoms with Gasteiger partial charge in [-0.1, -0.05) is 64.1 Å². The normalized spacial score (nSPS) is 19.6. The number of hydrogen-bond acceptors (Lipinski definition) is 4. The molecule has 2 aromatic carbocycles. The van der Waals surface area contributed by atoms with Crippen LogP contribution in [-0.2, 0) is 20.8 Å². The van der Waals surface area contributed by atoms with Gasteiger partial charge in [-0.25, -0.2) is 4.79 Å². The molecule has 0 fully saturated rings. The lowest BCUT2D eigenvalue weighted by atomic mass is 9.89. The van der Waals surface area contributed by atoms with E-state index in [1.54, 1.807) is 38.7 Å². The van der Waals surface area contributed by atoms with Gasteiger partial charge in [0.1, 0.15) is 18.1 Å². The summed E-state index contributed by atoms with van der Waals surface area (Å²) in [5, 5.41) is 15.9. The monoisotopic (exact) mass is 516 g/mol. The number of aliphatic carboxylic acids is 1. The van der Waals surface area contributed by atoms with Crippen LogP contribution < -0.4 is 10.6 Å². The highest BCUT2D eigenvalue weighted by Crippen LogP contribution is 2.46. The van der Waals surface area contributed by atoms with Gasteiger partial charge in [0.2, 0.25) is 11.8 Å². The van der Waals surface area contributed by atoms with E-state index in [-0.39, 0.29) is 24.2 Å². The average Bonchev–Trinajstić information content (AvgIpc) is 3.40. The van der Waals surface area contributed by atoms with E-state index < -0.39 is 42.0 Å². The van der Waals surface area contributed by atoms with Crippen molar-refractivity contribution in [3.05, 3.63) is 70.9 Å². The van der Waals surface area contributed by atoms with Crippen LogP contribution >= 0.6 is 0 Å².